The van der Waals surface area contributed by atoms with E-state index in [9.17, 15) is 4.79 Å². The van der Waals surface area contributed by atoms with E-state index in [0.29, 0.717) is 12.0 Å². The lowest BCUT2D eigenvalue weighted by Crippen LogP contribution is -2.26. The van der Waals surface area contributed by atoms with Gasteiger partial charge in [-0.1, -0.05) is 26.2 Å². The van der Waals surface area contributed by atoms with Gasteiger partial charge in [0, 0.05) is 6.61 Å². The first-order valence-corrected chi connectivity index (χ1v) is 7.28. The van der Waals surface area contributed by atoms with Gasteiger partial charge in [-0.15, -0.1) is 0 Å². The Labute approximate surface area is 111 Å². The fraction of sp³-hybridized carbons (Fsp3) is 0.933. The molecule has 0 aromatic carbocycles. The van der Waals surface area contributed by atoms with E-state index < -0.39 is 11.4 Å². The molecule has 3 nitrogen and oxygen atoms in total. The van der Waals surface area contributed by atoms with Crippen molar-refractivity contribution >= 4 is 5.97 Å². The van der Waals surface area contributed by atoms with Crippen molar-refractivity contribution in [2.45, 2.75) is 71.8 Å². The molecule has 0 aromatic rings. The lowest BCUT2D eigenvalue weighted by molar-refractivity contribution is -0.147. The van der Waals surface area contributed by atoms with E-state index in [1.807, 2.05) is 0 Å². The maximum Gasteiger partial charge on any atom is 0.309 e. The van der Waals surface area contributed by atoms with Gasteiger partial charge in [0.15, 0.2) is 0 Å². The van der Waals surface area contributed by atoms with E-state index in [0.717, 1.165) is 25.9 Å². The molecular formula is C15H28O3. The van der Waals surface area contributed by atoms with Crippen molar-refractivity contribution in [1.29, 1.82) is 0 Å². The van der Waals surface area contributed by atoms with Gasteiger partial charge in [0.25, 0.3) is 0 Å². The van der Waals surface area contributed by atoms with Crippen LogP contribution in [0.1, 0.15) is 65.7 Å². The zero-order valence-electron chi connectivity index (χ0n) is 12.1. The molecule has 1 aliphatic rings. The normalized spacial score (nSPS) is 25.1. The lowest BCUT2D eigenvalue weighted by Gasteiger charge is -2.28. The molecule has 106 valence electrons. The molecule has 0 spiro atoms. The van der Waals surface area contributed by atoms with Gasteiger partial charge < -0.3 is 9.84 Å². The number of carboxylic acid groups (broad SMARTS) is 1. The summed E-state index contributed by atoms with van der Waals surface area (Å²) in [7, 11) is 0. The van der Waals surface area contributed by atoms with Gasteiger partial charge in [-0.3, -0.25) is 4.79 Å². The highest BCUT2D eigenvalue weighted by Gasteiger charge is 2.26. The Kier molecular flexibility index (Phi) is 6.13. The monoisotopic (exact) mass is 256 g/mol. The molecule has 0 aromatic heterocycles. The van der Waals surface area contributed by atoms with E-state index in [1.165, 1.54) is 25.7 Å². The van der Waals surface area contributed by atoms with E-state index in [1.54, 1.807) is 13.8 Å². The van der Waals surface area contributed by atoms with Crippen LogP contribution in [0.3, 0.4) is 0 Å². The predicted molar refractivity (Wildman–Crippen MR) is 72.6 cm³/mol. The molecule has 0 aliphatic heterocycles. The van der Waals surface area contributed by atoms with Crippen LogP contribution in [0.25, 0.3) is 0 Å². The maximum absolute atomic E-state index is 10.9. The van der Waals surface area contributed by atoms with Crippen LogP contribution >= 0.6 is 0 Å². The van der Waals surface area contributed by atoms with Gasteiger partial charge in [0.2, 0.25) is 0 Å². The standard InChI is InChI=1S/C15H28O3/c1-12-8-4-5-9-13(12)18-11-7-6-10-15(2,3)14(16)17/h12-13H,4-11H2,1-3H3,(H,16,17). The molecule has 2 atom stereocenters. The minimum Gasteiger partial charge on any atom is -0.481 e. The Morgan fingerprint density at radius 2 is 1.94 bits per heavy atom. The molecule has 0 heterocycles. The van der Waals surface area contributed by atoms with E-state index in [2.05, 4.69) is 6.92 Å². The summed E-state index contributed by atoms with van der Waals surface area (Å²) in [5.41, 5.74) is -0.599. The van der Waals surface area contributed by atoms with Crippen LogP contribution in [0.15, 0.2) is 0 Å². The Morgan fingerprint density at radius 1 is 1.28 bits per heavy atom. The minimum absolute atomic E-state index is 0.436. The second-order valence-electron chi connectivity index (χ2n) is 6.32. The number of rotatable bonds is 7. The first-order chi connectivity index (χ1) is 8.43. The van der Waals surface area contributed by atoms with Gasteiger partial charge in [0.05, 0.1) is 11.5 Å². The van der Waals surface area contributed by atoms with Crippen molar-refractivity contribution < 1.29 is 14.6 Å². The van der Waals surface area contributed by atoms with Crippen molar-refractivity contribution in [2.75, 3.05) is 6.61 Å². The summed E-state index contributed by atoms with van der Waals surface area (Å²) in [4.78, 5) is 10.9. The number of ether oxygens (including phenoxy) is 1. The second kappa shape index (κ2) is 7.13. The summed E-state index contributed by atoms with van der Waals surface area (Å²) >= 11 is 0. The smallest absolute Gasteiger partial charge is 0.309 e. The van der Waals surface area contributed by atoms with Crippen LogP contribution in [0, 0.1) is 11.3 Å². The van der Waals surface area contributed by atoms with Crippen molar-refractivity contribution in [3.05, 3.63) is 0 Å². The third-order valence-corrected chi connectivity index (χ3v) is 4.14. The Balaban J connectivity index is 2.10. The highest BCUT2D eigenvalue weighted by molar-refractivity contribution is 5.73. The number of unbranched alkanes of at least 4 members (excludes halogenated alkanes) is 1. The molecule has 1 saturated carbocycles. The summed E-state index contributed by atoms with van der Waals surface area (Å²) < 4.78 is 5.92. The number of carbonyl (C=O) groups is 1. The molecule has 0 radical (unpaired) electrons. The van der Waals surface area contributed by atoms with Crippen molar-refractivity contribution in [3.63, 3.8) is 0 Å². The summed E-state index contributed by atoms with van der Waals surface area (Å²) in [5.74, 6) is -0.0152. The fourth-order valence-corrected chi connectivity index (χ4v) is 2.54. The molecule has 18 heavy (non-hydrogen) atoms. The molecule has 1 fully saturated rings. The van der Waals surface area contributed by atoms with Crippen LogP contribution in [0.4, 0.5) is 0 Å². The minimum atomic E-state index is -0.704. The molecule has 1 aliphatic carbocycles. The molecule has 3 heteroatoms. The summed E-state index contributed by atoms with van der Waals surface area (Å²) in [5, 5.41) is 9.01. The average Bonchev–Trinajstić information content (AvgIpc) is 2.30. The highest BCUT2D eigenvalue weighted by Crippen LogP contribution is 2.27. The van der Waals surface area contributed by atoms with Gasteiger partial charge in [0.1, 0.15) is 0 Å². The molecule has 2 unspecified atom stereocenters. The van der Waals surface area contributed by atoms with E-state index >= 15 is 0 Å². The molecule has 0 bridgehead atoms. The highest BCUT2D eigenvalue weighted by atomic mass is 16.5. The predicted octanol–water partition coefficient (Wildman–Crippen LogP) is 3.86. The average molecular weight is 256 g/mol. The van der Waals surface area contributed by atoms with Gasteiger partial charge >= 0.3 is 5.97 Å². The summed E-state index contributed by atoms with van der Waals surface area (Å²) in [6.45, 7) is 6.64. The number of carboxylic acids is 1. The van der Waals surface area contributed by atoms with Gasteiger partial charge in [-0.2, -0.15) is 0 Å². The van der Waals surface area contributed by atoms with Gasteiger partial charge in [-0.05, 0) is 45.4 Å². The Hall–Kier alpha value is -0.570. The first kappa shape index (κ1) is 15.5. The Bertz CT molecular complexity index is 260. The van der Waals surface area contributed by atoms with Crippen molar-refractivity contribution in [3.8, 4) is 0 Å². The molecule has 0 amide bonds. The summed E-state index contributed by atoms with van der Waals surface area (Å²) in [6.07, 6.45) is 8.19. The molecule has 1 rings (SSSR count). The molecular weight excluding hydrogens is 228 g/mol. The van der Waals surface area contributed by atoms with Crippen LogP contribution < -0.4 is 0 Å². The van der Waals surface area contributed by atoms with E-state index in [-0.39, 0.29) is 0 Å². The fourth-order valence-electron chi connectivity index (χ4n) is 2.54. The zero-order chi connectivity index (χ0) is 13.6. The Morgan fingerprint density at radius 3 is 2.56 bits per heavy atom. The van der Waals surface area contributed by atoms with Gasteiger partial charge in [-0.25, -0.2) is 0 Å². The number of hydrogen-bond donors (Lipinski definition) is 1. The first-order valence-electron chi connectivity index (χ1n) is 7.28. The number of aliphatic carboxylic acids is 1. The van der Waals surface area contributed by atoms with Crippen molar-refractivity contribution in [1.82, 2.24) is 0 Å². The van der Waals surface area contributed by atoms with Crippen LogP contribution in [0.2, 0.25) is 0 Å². The lowest BCUT2D eigenvalue weighted by atomic mass is 9.87. The quantitative estimate of drug-likeness (QED) is 0.703. The third kappa shape index (κ3) is 4.97. The molecule has 1 N–H and O–H groups in total. The van der Waals surface area contributed by atoms with Crippen LogP contribution in [0.5, 0.6) is 0 Å². The van der Waals surface area contributed by atoms with E-state index in [4.69, 9.17) is 9.84 Å². The zero-order valence-corrected chi connectivity index (χ0v) is 12.1. The molecule has 0 saturated heterocycles. The van der Waals surface area contributed by atoms with Crippen molar-refractivity contribution in [2.24, 2.45) is 11.3 Å². The van der Waals surface area contributed by atoms with Crippen LogP contribution in [-0.2, 0) is 9.53 Å². The largest absolute Gasteiger partial charge is 0.481 e. The SMILES string of the molecule is CC1CCCCC1OCCCCC(C)(C)C(=O)O. The topological polar surface area (TPSA) is 46.5 Å². The third-order valence-electron chi connectivity index (χ3n) is 4.14. The second-order valence-corrected chi connectivity index (χ2v) is 6.32. The maximum atomic E-state index is 10.9. The number of hydrogen-bond acceptors (Lipinski definition) is 2. The summed E-state index contributed by atoms with van der Waals surface area (Å²) in [6, 6.07) is 0. The van der Waals surface area contributed by atoms with Crippen LogP contribution in [-0.4, -0.2) is 23.8 Å².